The number of hydrogen-bond donors (Lipinski definition) is 2. The van der Waals surface area contributed by atoms with Crippen LogP contribution in [0, 0.1) is 35.5 Å². The molecule has 2 saturated heterocycles. The van der Waals surface area contributed by atoms with E-state index < -0.39 is 71.8 Å². The molecule has 1 amide bonds. The number of aliphatic hydroxyl groups excluding tert-OH is 1. The minimum absolute atomic E-state index is 0.0309. The number of methoxy groups -OCH3 is 4. The van der Waals surface area contributed by atoms with E-state index in [0.717, 1.165) is 12.0 Å². The third-order valence-corrected chi connectivity index (χ3v) is 15.8. The third kappa shape index (κ3) is 18.8. The summed E-state index contributed by atoms with van der Waals surface area (Å²) in [6.45, 7) is 14.6. The fourth-order valence-corrected chi connectivity index (χ4v) is 11.2. The summed E-state index contributed by atoms with van der Waals surface area (Å²) in [7, 11) is 6.22. The Kier molecular flexibility index (Phi) is 27.7. The molecule has 4 aliphatic rings. The van der Waals surface area contributed by atoms with Gasteiger partial charge in [-0.2, -0.15) is 0 Å². The molecule has 3 fully saturated rings. The highest BCUT2D eigenvalue weighted by atomic mass is 16.6. The van der Waals surface area contributed by atoms with E-state index in [1.54, 1.807) is 34.1 Å². The van der Waals surface area contributed by atoms with Crippen LogP contribution in [0.25, 0.3) is 0 Å². The highest BCUT2D eigenvalue weighted by Gasteiger charge is 2.53. The van der Waals surface area contributed by atoms with Crippen molar-refractivity contribution in [2.75, 3.05) is 74.6 Å². The quantitative estimate of drug-likeness (QED) is 0.0698. The summed E-state index contributed by atoms with van der Waals surface area (Å²) in [5, 5.41) is 21.6. The molecule has 0 spiro atoms. The molecule has 0 unspecified atom stereocenters. The molecule has 75 heavy (non-hydrogen) atoms. The maximum absolute atomic E-state index is 14.6. The minimum Gasteiger partial charge on any atom is -0.460 e. The van der Waals surface area contributed by atoms with Gasteiger partial charge in [0.15, 0.2) is 5.78 Å². The number of carbonyl (C=O) groups is 5. The zero-order valence-electron chi connectivity index (χ0n) is 47.0. The molecule has 2 bridgehead atoms. The molecule has 1 aliphatic carbocycles. The van der Waals surface area contributed by atoms with E-state index in [1.807, 2.05) is 65.0 Å². The Balaban J connectivity index is 1.72. The lowest BCUT2D eigenvalue weighted by Crippen LogP contribution is -2.61. The molecule has 2 N–H and O–H groups in total. The maximum atomic E-state index is 14.6. The molecule has 0 aromatic rings. The van der Waals surface area contributed by atoms with Crippen LogP contribution in [0.3, 0.4) is 0 Å². The fraction of sp³-hybridized carbons (Fsp3) is 0.776. The SMILES string of the molecule is COCCOCCO[C@@H]1C[C@@H]2CC[C@@H](C)[C@@](O)(O2)C(=O)C(=O)N2CCCC[C@H]2C(=O)O[C@H]([C@H](C)C[C@@H]2CC[C@@H](OCCO)[C@H](OC)C2)CC(=O)[C@H](C)/C=C(\C)[C@@H](OC)[C@@H](OC)C(=O)[C@H](C)C[C@H](C)/C=C/C=CC=C1C. The van der Waals surface area contributed by atoms with Crippen molar-refractivity contribution in [1.29, 1.82) is 0 Å². The highest BCUT2D eigenvalue weighted by Crippen LogP contribution is 2.38. The Labute approximate surface area is 447 Å². The van der Waals surface area contributed by atoms with E-state index in [4.69, 9.17) is 42.6 Å². The van der Waals surface area contributed by atoms with Crippen LogP contribution < -0.4 is 0 Å². The smallest absolute Gasteiger partial charge is 0.329 e. The van der Waals surface area contributed by atoms with Crippen LogP contribution in [0.1, 0.15) is 126 Å². The number of aliphatic hydroxyl groups is 2. The molecule has 426 valence electrons. The Hall–Kier alpha value is -3.49. The maximum Gasteiger partial charge on any atom is 0.329 e. The summed E-state index contributed by atoms with van der Waals surface area (Å²) in [5.41, 5.74) is 1.49. The average molecular weight is 1060 g/mol. The number of carbonyl (C=O) groups excluding carboxylic acids is 5. The van der Waals surface area contributed by atoms with Crippen molar-refractivity contribution in [3.63, 3.8) is 0 Å². The summed E-state index contributed by atoms with van der Waals surface area (Å²) < 4.78 is 53.3. The van der Waals surface area contributed by atoms with Gasteiger partial charge >= 0.3 is 5.97 Å². The molecule has 3 aliphatic heterocycles. The number of esters is 1. The molecular formula is C58H93NO16. The summed E-state index contributed by atoms with van der Waals surface area (Å²) in [6, 6.07) is -1.15. The number of ketones is 3. The van der Waals surface area contributed by atoms with Crippen LogP contribution in [0.4, 0.5) is 0 Å². The Bertz CT molecular complexity index is 1930. The van der Waals surface area contributed by atoms with E-state index in [9.17, 15) is 34.2 Å². The van der Waals surface area contributed by atoms with E-state index in [2.05, 4.69) is 0 Å². The highest BCUT2D eigenvalue weighted by molar-refractivity contribution is 6.39. The predicted molar refractivity (Wildman–Crippen MR) is 282 cm³/mol. The number of nitrogens with zero attached hydrogens (tertiary/aromatic N) is 1. The first-order valence-corrected chi connectivity index (χ1v) is 27.5. The first-order valence-electron chi connectivity index (χ1n) is 27.5. The van der Waals surface area contributed by atoms with Gasteiger partial charge in [0, 0.05) is 65.6 Å². The lowest BCUT2D eigenvalue weighted by molar-refractivity contribution is -0.266. The van der Waals surface area contributed by atoms with Gasteiger partial charge < -0.3 is 57.7 Å². The molecule has 0 aromatic carbocycles. The monoisotopic (exact) mass is 1060 g/mol. The van der Waals surface area contributed by atoms with Gasteiger partial charge in [-0.05, 0) is 107 Å². The van der Waals surface area contributed by atoms with Gasteiger partial charge in [-0.25, -0.2) is 4.79 Å². The van der Waals surface area contributed by atoms with Crippen molar-refractivity contribution in [3.05, 3.63) is 47.6 Å². The number of cyclic esters (lactones) is 1. The molecule has 0 radical (unpaired) electrons. The van der Waals surface area contributed by atoms with E-state index in [-0.39, 0.29) is 93.1 Å². The van der Waals surface area contributed by atoms with Crippen molar-refractivity contribution >= 4 is 29.2 Å². The molecule has 17 nitrogen and oxygen atoms in total. The second-order valence-electron chi connectivity index (χ2n) is 21.6. The van der Waals surface area contributed by atoms with Crippen LogP contribution in [0.2, 0.25) is 0 Å². The van der Waals surface area contributed by atoms with Crippen molar-refractivity contribution < 1.29 is 76.8 Å². The van der Waals surface area contributed by atoms with Crippen molar-refractivity contribution in [2.24, 2.45) is 35.5 Å². The number of fused-ring (bicyclic) bond motifs is 3. The number of allylic oxidation sites excluding steroid dienone is 6. The number of amides is 1. The standard InChI is InChI=1S/C58H93NO16/c1-37-17-13-12-14-18-38(2)49(73-30-29-71-28-27-67-8)35-45-22-20-43(7)58(66,75-45)55(63)56(64)59-24-16-15-19-46(59)57(65)74-50(40(4)33-44-21-23-48(72-26-25-60)51(34-44)68-9)36-47(61)39(3)32-42(6)53(69-10)54(70-11)52(62)41(5)31-37/h12-14,17-18,32,37,39-41,43-46,48-51,53-54,60,66H,15-16,19-31,33-36H2,1-11H3/b14-12?,17-13+,38-18?,42-32+/t37-,39-,40-,41-,43-,44+,45+,46+,48-,49-,50+,51-,53-,54+,58-/m1/s1. The molecule has 1 saturated carbocycles. The number of hydrogen-bond acceptors (Lipinski definition) is 16. The number of piperidine rings is 1. The second-order valence-corrected chi connectivity index (χ2v) is 21.6. The van der Waals surface area contributed by atoms with Gasteiger partial charge in [0.2, 0.25) is 5.79 Å². The lowest BCUT2D eigenvalue weighted by Gasteiger charge is -2.43. The summed E-state index contributed by atoms with van der Waals surface area (Å²) >= 11 is 0. The number of ether oxygens (including phenoxy) is 9. The molecule has 15 atom stereocenters. The molecule has 3 heterocycles. The zero-order chi connectivity index (χ0) is 55.2. The van der Waals surface area contributed by atoms with Crippen LogP contribution in [0.5, 0.6) is 0 Å². The number of Topliss-reactive ketones (excluding diaryl/α,β-unsaturated/α-hetero) is 3. The first kappa shape index (κ1) is 64.0. The zero-order valence-corrected chi connectivity index (χ0v) is 47.0. The van der Waals surface area contributed by atoms with Crippen LogP contribution in [0.15, 0.2) is 47.6 Å². The van der Waals surface area contributed by atoms with E-state index in [0.29, 0.717) is 76.8 Å². The van der Waals surface area contributed by atoms with Crippen molar-refractivity contribution in [1.82, 2.24) is 4.90 Å². The Morgan fingerprint density at radius 1 is 0.773 bits per heavy atom. The fourth-order valence-electron chi connectivity index (χ4n) is 11.2. The lowest BCUT2D eigenvalue weighted by atomic mass is 9.78. The van der Waals surface area contributed by atoms with Gasteiger partial charge in [-0.15, -0.1) is 0 Å². The average Bonchev–Trinajstić information content (AvgIpc) is 3.39. The largest absolute Gasteiger partial charge is 0.460 e. The normalized spacial score (nSPS) is 35.5. The molecule has 4 rings (SSSR count). The van der Waals surface area contributed by atoms with E-state index >= 15 is 0 Å². The van der Waals surface area contributed by atoms with Gasteiger partial charge in [-0.3, -0.25) is 19.2 Å². The van der Waals surface area contributed by atoms with Crippen LogP contribution in [-0.4, -0.2) is 174 Å². The molecule has 17 heteroatoms. The molecular weight excluding hydrogens is 967 g/mol. The van der Waals surface area contributed by atoms with E-state index in [1.165, 1.54) is 19.1 Å². The summed E-state index contributed by atoms with van der Waals surface area (Å²) in [6.07, 6.45) is 12.9. The Morgan fingerprint density at radius 3 is 2.20 bits per heavy atom. The van der Waals surface area contributed by atoms with Crippen molar-refractivity contribution in [2.45, 2.75) is 180 Å². The third-order valence-electron chi connectivity index (χ3n) is 15.8. The van der Waals surface area contributed by atoms with Gasteiger partial charge in [0.1, 0.15) is 30.1 Å². The molecule has 0 aromatic heterocycles. The number of rotatable bonds is 16. The summed E-state index contributed by atoms with van der Waals surface area (Å²) in [5.74, 6) is -7.67. The van der Waals surface area contributed by atoms with Crippen LogP contribution in [-0.2, 0) is 66.6 Å². The van der Waals surface area contributed by atoms with Gasteiger partial charge in [-0.1, -0.05) is 71.1 Å². The topological polar surface area (TPSA) is 212 Å². The Morgan fingerprint density at radius 2 is 1.51 bits per heavy atom. The minimum atomic E-state index is -2.47. The van der Waals surface area contributed by atoms with Crippen LogP contribution >= 0.6 is 0 Å². The second kappa shape index (κ2) is 32.4. The summed E-state index contributed by atoms with van der Waals surface area (Å²) in [4.78, 5) is 73.3. The first-order chi connectivity index (χ1) is 35.8. The van der Waals surface area contributed by atoms with Gasteiger partial charge in [0.05, 0.1) is 64.1 Å². The van der Waals surface area contributed by atoms with Crippen molar-refractivity contribution in [3.8, 4) is 0 Å². The predicted octanol–water partition coefficient (Wildman–Crippen LogP) is 6.88. The van der Waals surface area contributed by atoms with Gasteiger partial charge in [0.25, 0.3) is 11.7 Å².